The van der Waals surface area contributed by atoms with Crippen LogP contribution in [0.5, 0.6) is 5.75 Å². The smallest absolute Gasteiger partial charge is 0.272 e. The van der Waals surface area contributed by atoms with E-state index in [2.05, 4.69) is 41.2 Å². The number of rotatable bonds is 6. The van der Waals surface area contributed by atoms with E-state index in [0.29, 0.717) is 25.4 Å². The lowest BCUT2D eigenvalue weighted by molar-refractivity contribution is 0.0737. The molecular formula is C29H30N4O2. The quantitative estimate of drug-likeness (QED) is 0.400. The molecule has 6 heteroatoms. The van der Waals surface area contributed by atoms with Crippen LogP contribution >= 0.6 is 0 Å². The first-order valence-corrected chi connectivity index (χ1v) is 12.0. The monoisotopic (exact) mass is 466 g/mol. The van der Waals surface area contributed by atoms with Crippen LogP contribution in [-0.2, 0) is 6.61 Å². The van der Waals surface area contributed by atoms with Gasteiger partial charge in [0.05, 0.1) is 11.4 Å². The lowest BCUT2D eigenvalue weighted by Crippen LogP contribution is -2.49. The third-order valence-electron chi connectivity index (χ3n) is 6.35. The molecule has 35 heavy (non-hydrogen) atoms. The minimum absolute atomic E-state index is 0.0236. The van der Waals surface area contributed by atoms with Crippen molar-refractivity contribution >= 4 is 11.6 Å². The van der Waals surface area contributed by atoms with Crippen molar-refractivity contribution in [2.45, 2.75) is 20.5 Å². The second-order valence-corrected chi connectivity index (χ2v) is 8.97. The summed E-state index contributed by atoms with van der Waals surface area (Å²) in [4.78, 5) is 17.6. The van der Waals surface area contributed by atoms with E-state index in [4.69, 9.17) is 4.74 Å². The molecule has 1 aliphatic rings. The normalized spacial score (nSPS) is 13.7. The molecule has 0 aliphatic carbocycles. The first kappa shape index (κ1) is 22.7. The summed E-state index contributed by atoms with van der Waals surface area (Å²) >= 11 is 0. The summed E-state index contributed by atoms with van der Waals surface area (Å²) < 4.78 is 7.67. The third-order valence-corrected chi connectivity index (χ3v) is 6.35. The Morgan fingerprint density at radius 1 is 0.829 bits per heavy atom. The van der Waals surface area contributed by atoms with Crippen LogP contribution in [0.3, 0.4) is 0 Å². The summed E-state index contributed by atoms with van der Waals surface area (Å²) in [6.45, 7) is 7.44. The highest BCUT2D eigenvalue weighted by Gasteiger charge is 2.25. The van der Waals surface area contributed by atoms with Gasteiger partial charge >= 0.3 is 0 Å². The Bertz CT molecular complexity index is 1270. The van der Waals surface area contributed by atoms with Gasteiger partial charge in [0.15, 0.2) is 0 Å². The minimum Gasteiger partial charge on any atom is -0.489 e. The fourth-order valence-electron chi connectivity index (χ4n) is 4.36. The predicted molar refractivity (Wildman–Crippen MR) is 138 cm³/mol. The average molecular weight is 467 g/mol. The molecule has 0 unspecified atom stereocenters. The number of anilines is 1. The van der Waals surface area contributed by atoms with Gasteiger partial charge in [-0.15, -0.1) is 0 Å². The number of nitrogens with zero attached hydrogens (tertiary/aromatic N) is 4. The second-order valence-electron chi connectivity index (χ2n) is 8.97. The van der Waals surface area contributed by atoms with Gasteiger partial charge in [-0.25, -0.2) is 4.68 Å². The third kappa shape index (κ3) is 5.22. The summed E-state index contributed by atoms with van der Waals surface area (Å²) in [6, 6.07) is 28.3. The van der Waals surface area contributed by atoms with E-state index in [-0.39, 0.29) is 5.91 Å². The van der Waals surface area contributed by atoms with E-state index in [0.717, 1.165) is 41.5 Å². The van der Waals surface area contributed by atoms with Crippen LogP contribution in [0.15, 0.2) is 84.9 Å². The first-order valence-electron chi connectivity index (χ1n) is 12.0. The molecule has 0 spiro atoms. The number of amides is 1. The summed E-state index contributed by atoms with van der Waals surface area (Å²) in [5.74, 6) is 0.877. The van der Waals surface area contributed by atoms with Crippen molar-refractivity contribution in [3.05, 3.63) is 107 Å². The molecule has 0 radical (unpaired) electrons. The van der Waals surface area contributed by atoms with Gasteiger partial charge in [-0.05, 0) is 61.9 Å². The number of benzene rings is 3. The van der Waals surface area contributed by atoms with Crippen molar-refractivity contribution in [1.82, 2.24) is 14.7 Å². The van der Waals surface area contributed by atoms with Crippen LogP contribution < -0.4 is 9.64 Å². The Morgan fingerprint density at radius 2 is 1.49 bits per heavy atom. The number of hydrogen-bond donors (Lipinski definition) is 0. The SMILES string of the molecule is Cc1ccc(-n2nc(C)cc2C(=O)N2CCN(c3ccc(OCc4ccccc4)cc3)CC2)cc1. The molecule has 1 aromatic heterocycles. The largest absolute Gasteiger partial charge is 0.489 e. The molecule has 0 atom stereocenters. The summed E-state index contributed by atoms with van der Waals surface area (Å²) in [7, 11) is 0. The molecule has 178 valence electrons. The lowest BCUT2D eigenvalue weighted by Gasteiger charge is -2.36. The van der Waals surface area contributed by atoms with E-state index >= 15 is 0 Å². The molecule has 6 nitrogen and oxygen atoms in total. The van der Waals surface area contributed by atoms with Gasteiger partial charge in [-0.2, -0.15) is 5.10 Å². The molecule has 0 bridgehead atoms. The zero-order valence-corrected chi connectivity index (χ0v) is 20.2. The van der Waals surface area contributed by atoms with E-state index in [1.807, 2.05) is 72.5 Å². The predicted octanol–water partition coefficient (Wildman–Crippen LogP) is 5.03. The van der Waals surface area contributed by atoms with Crippen LogP contribution in [0.1, 0.15) is 27.3 Å². The Hall–Kier alpha value is -4.06. The molecule has 0 N–H and O–H groups in total. The van der Waals surface area contributed by atoms with E-state index in [9.17, 15) is 4.79 Å². The maximum Gasteiger partial charge on any atom is 0.272 e. The number of piperazine rings is 1. The molecule has 1 fully saturated rings. The van der Waals surface area contributed by atoms with Crippen molar-refractivity contribution in [2.24, 2.45) is 0 Å². The van der Waals surface area contributed by atoms with Crippen LogP contribution in [0.2, 0.25) is 0 Å². The van der Waals surface area contributed by atoms with E-state index in [1.165, 1.54) is 5.56 Å². The van der Waals surface area contributed by atoms with E-state index < -0.39 is 0 Å². The maximum atomic E-state index is 13.4. The summed E-state index contributed by atoms with van der Waals surface area (Å²) in [6.07, 6.45) is 0. The topological polar surface area (TPSA) is 50.6 Å². The Balaban J connectivity index is 1.20. The van der Waals surface area contributed by atoms with Gasteiger partial charge in [0.1, 0.15) is 18.1 Å². The summed E-state index contributed by atoms with van der Waals surface area (Å²) in [5.41, 5.74) is 5.82. The van der Waals surface area contributed by atoms with Gasteiger partial charge < -0.3 is 14.5 Å². The lowest BCUT2D eigenvalue weighted by atomic mass is 10.2. The second kappa shape index (κ2) is 10.1. The Labute approximate surface area is 206 Å². The molecule has 1 aliphatic heterocycles. The number of carbonyl (C=O) groups excluding carboxylic acids is 1. The van der Waals surface area contributed by atoms with Crippen LogP contribution in [0.4, 0.5) is 5.69 Å². The fourth-order valence-corrected chi connectivity index (χ4v) is 4.36. The van der Waals surface area contributed by atoms with E-state index in [1.54, 1.807) is 4.68 Å². The molecule has 1 saturated heterocycles. The molecule has 0 saturated carbocycles. The first-order chi connectivity index (χ1) is 17.1. The number of hydrogen-bond acceptors (Lipinski definition) is 4. The van der Waals surface area contributed by atoms with Gasteiger partial charge in [-0.1, -0.05) is 48.0 Å². The van der Waals surface area contributed by atoms with Crippen molar-refractivity contribution < 1.29 is 9.53 Å². The number of ether oxygens (including phenoxy) is 1. The number of aromatic nitrogens is 2. The molecule has 1 amide bonds. The molecular weight excluding hydrogens is 436 g/mol. The zero-order chi connectivity index (χ0) is 24.2. The van der Waals surface area contributed by atoms with Crippen LogP contribution in [0, 0.1) is 13.8 Å². The maximum absolute atomic E-state index is 13.4. The Kier molecular flexibility index (Phi) is 6.53. The van der Waals surface area contributed by atoms with Crippen LogP contribution in [-0.4, -0.2) is 46.8 Å². The van der Waals surface area contributed by atoms with Gasteiger partial charge in [-0.3, -0.25) is 4.79 Å². The van der Waals surface area contributed by atoms with Crippen molar-refractivity contribution in [1.29, 1.82) is 0 Å². The standard InChI is InChI=1S/C29H30N4O2/c1-22-8-10-26(11-9-22)33-28(20-23(2)30-33)29(34)32-18-16-31(17-19-32)25-12-14-27(15-13-25)35-21-24-6-4-3-5-7-24/h3-15,20H,16-19,21H2,1-2H3. The Morgan fingerprint density at radius 3 is 2.17 bits per heavy atom. The summed E-state index contributed by atoms with van der Waals surface area (Å²) in [5, 5.41) is 4.58. The fraction of sp³-hybridized carbons (Fsp3) is 0.241. The van der Waals surface area contributed by atoms with Gasteiger partial charge in [0.25, 0.3) is 5.91 Å². The highest BCUT2D eigenvalue weighted by atomic mass is 16.5. The molecule has 4 aromatic rings. The molecule has 3 aromatic carbocycles. The van der Waals surface area contributed by atoms with Crippen molar-refractivity contribution in [3.63, 3.8) is 0 Å². The number of carbonyl (C=O) groups is 1. The van der Waals surface area contributed by atoms with Crippen molar-refractivity contribution in [2.75, 3.05) is 31.1 Å². The van der Waals surface area contributed by atoms with Gasteiger partial charge in [0, 0.05) is 31.9 Å². The highest BCUT2D eigenvalue weighted by Crippen LogP contribution is 2.23. The minimum atomic E-state index is 0.0236. The highest BCUT2D eigenvalue weighted by molar-refractivity contribution is 5.93. The zero-order valence-electron chi connectivity index (χ0n) is 20.2. The average Bonchev–Trinajstić information content (AvgIpc) is 3.30. The molecule has 2 heterocycles. The number of aryl methyl sites for hydroxylation is 2. The van der Waals surface area contributed by atoms with Crippen molar-refractivity contribution in [3.8, 4) is 11.4 Å². The molecule has 5 rings (SSSR count). The van der Waals surface area contributed by atoms with Gasteiger partial charge in [0.2, 0.25) is 0 Å². The van der Waals surface area contributed by atoms with Crippen LogP contribution in [0.25, 0.3) is 5.69 Å².